The van der Waals surface area contributed by atoms with Crippen LogP contribution >= 0.6 is 0 Å². The van der Waals surface area contributed by atoms with Crippen molar-refractivity contribution in [2.45, 2.75) is 52.5 Å². The lowest BCUT2D eigenvalue weighted by molar-refractivity contribution is 0.410. The fourth-order valence-corrected chi connectivity index (χ4v) is 5.02. The van der Waals surface area contributed by atoms with E-state index in [1.54, 1.807) is 7.11 Å². The van der Waals surface area contributed by atoms with Gasteiger partial charge in [0, 0.05) is 17.7 Å². The van der Waals surface area contributed by atoms with Crippen LogP contribution in [0.4, 0.5) is 5.69 Å². The number of aryl methyl sites for hydroxylation is 4. The molecule has 2 N–H and O–H groups in total. The zero-order valence-corrected chi connectivity index (χ0v) is 18.9. The molecule has 1 aromatic heterocycles. The van der Waals surface area contributed by atoms with Crippen LogP contribution in [0.1, 0.15) is 33.6 Å². The second-order valence-electron chi connectivity index (χ2n) is 7.37. The van der Waals surface area contributed by atoms with Gasteiger partial charge in [-0.15, -0.1) is 0 Å². The number of hydrogen-bond acceptors (Lipinski definition) is 4. The molecule has 29 heavy (non-hydrogen) atoms. The molecule has 0 bridgehead atoms. The number of nitrogens with one attached hydrogen (secondary N) is 1. The topological polar surface area (TPSA) is 59.3 Å². The number of hydrogen-bond donors (Lipinski definition) is 2. The zero-order valence-electron chi connectivity index (χ0n) is 18.0. The van der Waals surface area contributed by atoms with E-state index in [1.165, 1.54) is 5.56 Å². The highest BCUT2D eigenvalue weighted by Crippen LogP contribution is 2.32. The minimum absolute atomic E-state index is 0.803. The molecule has 0 spiro atoms. The predicted octanol–water partition coefficient (Wildman–Crippen LogP) is 5.15. The van der Waals surface area contributed by atoms with E-state index in [-0.39, 0.29) is 0 Å². The fourth-order valence-electron chi connectivity index (χ4n) is 3.62. The predicted molar refractivity (Wildman–Crippen MR) is 121 cm³/mol. The molecule has 0 aliphatic heterocycles. The van der Waals surface area contributed by atoms with Crippen LogP contribution in [0.2, 0.25) is 0 Å². The molecule has 6 heteroatoms. The lowest BCUT2D eigenvalue weighted by Gasteiger charge is -2.13. The van der Waals surface area contributed by atoms with Crippen LogP contribution < -0.4 is 9.46 Å². The molecule has 0 saturated carbocycles. The van der Waals surface area contributed by atoms with Crippen LogP contribution in [0.25, 0.3) is 0 Å². The Morgan fingerprint density at radius 3 is 2.41 bits per heavy atom. The highest BCUT2D eigenvalue weighted by molar-refractivity contribution is 7.93. The van der Waals surface area contributed by atoms with Crippen LogP contribution in [0, 0.1) is 34.6 Å². The maximum atomic E-state index is 11.0. The van der Waals surface area contributed by atoms with E-state index < -0.39 is 11.4 Å². The van der Waals surface area contributed by atoms with Gasteiger partial charge in [0.05, 0.1) is 18.5 Å². The first-order valence-electron chi connectivity index (χ1n) is 9.76. The Morgan fingerprint density at radius 2 is 1.76 bits per heavy atom. The molecule has 154 valence electrons. The summed E-state index contributed by atoms with van der Waals surface area (Å²) in [5.41, 5.74) is 7.22. The van der Waals surface area contributed by atoms with E-state index in [9.17, 15) is 4.55 Å². The molecule has 0 amide bonds. The van der Waals surface area contributed by atoms with Crippen molar-refractivity contribution in [3.63, 3.8) is 0 Å². The van der Waals surface area contributed by atoms with Crippen molar-refractivity contribution in [2.24, 2.45) is 0 Å². The van der Waals surface area contributed by atoms with Gasteiger partial charge in [0.25, 0.3) is 0 Å². The fraction of sp³-hybridized carbons (Fsp3) is 0.348. The van der Waals surface area contributed by atoms with E-state index in [2.05, 4.69) is 34.1 Å². The van der Waals surface area contributed by atoms with E-state index >= 15 is 0 Å². The highest BCUT2D eigenvalue weighted by Gasteiger charge is 2.30. The minimum atomic E-state index is -1.13. The first kappa shape index (κ1) is 21.3. The molecule has 0 aliphatic carbocycles. The van der Waals surface area contributed by atoms with E-state index in [1.807, 2.05) is 51.4 Å². The number of aromatic nitrogens is 2. The second kappa shape index (κ2) is 8.93. The summed E-state index contributed by atoms with van der Waals surface area (Å²) in [5, 5.41) is 4.69. The third-order valence-electron chi connectivity index (χ3n) is 5.43. The summed E-state index contributed by atoms with van der Waals surface area (Å²) in [4.78, 5) is 0.916. The third-order valence-corrected chi connectivity index (χ3v) is 6.84. The van der Waals surface area contributed by atoms with E-state index in [0.717, 1.165) is 57.4 Å². The lowest BCUT2D eigenvalue weighted by Crippen LogP contribution is -2.17. The Morgan fingerprint density at radius 1 is 1.07 bits per heavy atom. The Bertz CT molecular complexity index is 999. The van der Waals surface area contributed by atoms with Gasteiger partial charge in [-0.2, -0.15) is 14.4 Å². The summed E-state index contributed by atoms with van der Waals surface area (Å²) < 4.78 is 21.8. The van der Waals surface area contributed by atoms with Gasteiger partial charge in [-0.1, -0.05) is 30.3 Å². The third kappa shape index (κ3) is 4.43. The van der Waals surface area contributed by atoms with E-state index in [4.69, 9.17) is 4.74 Å². The van der Waals surface area contributed by atoms with Gasteiger partial charge in [-0.25, -0.2) is 0 Å². The van der Waals surface area contributed by atoms with Crippen LogP contribution in [0.15, 0.2) is 41.3 Å². The first-order chi connectivity index (χ1) is 13.8. The van der Waals surface area contributed by atoms with Crippen molar-refractivity contribution >= 4 is 17.0 Å². The van der Waals surface area contributed by atoms with Gasteiger partial charge in [-0.3, -0.25) is 4.68 Å². The Kier molecular flexibility index (Phi) is 6.55. The Labute approximate surface area is 176 Å². The molecule has 0 aliphatic rings. The van der Waals surface area contributed by atoms with Crippen molar-refractivity contribution in [1.29, 1.82) is 0 Å². The van der Waals surface area contributed by atoms with Crippen LogP contribution in [0.3, 0.4) is 0 Å². The van der Waals surface area contributed by atoms with Crippen LogP contribution in [0.5, 0.6) is 5.75 Å². The van der Waals surface area contributed by atoms with Gasteiger partial charge in [-0.05, 0) is 58.2 Å². The monoisotopic (exact) mass is 412 g/mol. The van der Waals surface area contributed by atoms with Gasteiger partial charge in [0.2, 0.25) is 4.90 Å². The molecule has 1 atom stereocenters. The van der Waals surface area contributed by atoms with Crippen molar-refractivity contribution in [2.75, 3.05) is 11.8 Å². The van der Waals surface area contributed by atoms with Crippen molar-refractivity contribution in [3.05, 3.63) is 70.0 Å². The number of ether oxygens (including phenoxy) is 1. The first-order valence-corrected chi connectivity index (χ1v) is 10.9. The largest absolute Gasteiger partial charge is 0.496 e. The Hall–Kier alpha value is -2.44. The quantitative estimate of drug-likeness (QED) is 0.527. The number of benzene rings is 2. The highest BCUT2D eigenvalue weighted by atomic mass is 32.2. The van der Waals surface area contributed by atoms with Crippen LogP contribution in [-0.2, 0) is 24.3 Å². The maximum Gasteiger partial charge on any atom is 0.304 e. The summed E-state index contributed by atoms with van der Waals surface area (Å²) >= 11 is -1.13. The minimum Gasteiger partial charge on any atom is -0.496 e. The number of anilines is 1. The van der Waals surface area contributed by atoms with Gasteiger partial charge < -0.3 is 4.74 Å². The molecule has 3 rings (SSSR count). The molecule has 3 aromatic rings. The maximum absolute atomic E-state index is 11.0. The summed E-state index contributed by atoms with van der Waals surface area (Å²) in [5.74, 6) is 0.849. The van der Waals surface area contributed by atoms with Gasteiger partial charge in [0.1, 0.15) is 11.4 Å². The number of nitrogens with zero attached hydrogens (tertiary/aromatic N) is 2. The molecular formula is C23H30N3O2S+. The van der Waals surface area contributed by atoms with Crippen molar-refractivity contribution in [1.82, 2.24) is 9.78 Å². The smallest absolute Gasteiger partial charge is 0.304 e. The molecule has 2 aromatic carbocycles. The number of methoxy groups -OCH3 is 1. The van der Waals surface area contributed by atoms with Gasteiger partial charge in [0.15, 0.2) is 0 Å². The Balaban J connectivity index is 1.82. The average molecular weight is 413 g/mol. The van der Waals surface area contributed by atoms with E-state index in [0.29, 0.717) is 0 Å². The standard InChI is InChI=1S/C23H30N3O2S/c1-15-14-21(28-6)16(2)17(3)23(15)29(27)25-22-18(4)24-26(19(22)5)13-12-20-10-8-7-9-11-20/h7-11,14,25,27H,12-13H2,1-6H3/q+1. The van der Waals surface area contributed by atoms with Crippen molar-refractivity contribution < 1.29 is 9.29 Å². The second-order valence-corrected chi connectivity index (χ2v) is 8.55. The molecule has 1 heterocycles. The van der Waals surface area contributed by atoms with Crippen LogP contribution in [-0.4, -0.2) is 21.4 Å². The molecular weight excluding hydrogens is 382 g/mol. The van der Waals surface area contributed by atoms with Crippen molar-refractivity contribution in [3.8, 4) is 5.75 Å². The molecule has 0 saturated heterocycles. The summed E-state index contributed by atoms with van der Waals surface area (Å²) in [6.45, 7) is 10.9. The summed E-state index contributed by atoms with van der Waals surface area (Å²) in [6.07, 6.45) is 0.920. The molecule has 0 radical (unpaired) electrons. The average Bonchev–Trinajstić information content (AvgIpc) is 2.97. The molecule has 1 unspecified atom stereocenters. The normalized spacial score (nSPS) is 12.1. The van der Waals surface area contributed by atoms with Gasteiger partial charge >= 0.3 is 11.4 Å². The SMILES string of the molecule is COc1cc(C)c([S+](O)Nc2c(C)nn(CCc3ccccc3)c2C)c(C)c1C. The molecule has 5 nitrogen and oxygen atoms in total. The molecule has 0 fully saturated rings. The summed E-state index contributed by atoms with van der Waals surface area (Å²) in [6, 6.07) is 12.4. The lowest BCUT2D eigenvalue weighted by atomic mass is 10.1. The zero-order chi connectivity index (χ0) is 21.1. The summed E-state index contributed by atoms with van der Waals surface area (Å²) in [7, 11) is 1.68. The number of rotatable bonds is 7.